The minimum absolute atomic E-state index is 0.0507. The number of carbonyl (C=O) groups is 1. The second-order valence-corrected chi connectivity index (χ2v) is 9.79. The fourth-order valence-electron chi connectivity index (χ4n) is 4.27. The number of piperidine rings is 1. The Kier molecular flexibility index (Phi) is 6.38. The maximum Gasteiger partial charge on any atom is 0.241 e. The first-order valence-electron chi connectivity index (χ1n) is 10.2. The summed E-state index contributed by atoms with van der Waals surface area (Å²) in [6.07, 6.45) is 1.45. The quantitative estimate of drug-likeness (QED) is 0.784. The van der Waals surface area contributed by atoms with Crippen LogP contribution >= 0.6 is 0 Å². The van der Waals surface area contributed by atoms with E-state index in [1.165, 1.54) is 0 Å². The van der Waals surface area contributed by atoms with Gasteiger partial charge in [0.15, 0.2) is 5.79 Å². The molecule has 2 aliphatic heterocycles. The molecule has 2 aliphatic rings. The maximum atomic E-state index is 12.9. The average molecular weight is 425 g/mol. The van der Waals surface area contributed by atoms with Crippen LogP contribution in [0.25, 0.3) is 0 Å². The minimum atomic E-state index is -3.69. The van der Waals surface area contributed by atoms with Gasteiger partial charge in [-0.15, -0.1) is 0 Å². The number of benzene rings is 1. The largest absolute Gasteiger partial charge is 0.347 e. The minimum Gasteiger partial charge on any atom is -0.347 e. The molecule has 3 rings (SSSR count). The van der Waals surface area contributed by atoms with E-state index < -0.39 is 15.8 Å². The predicted molar refractivity (Wildman–Crippen MR) is 110 cm³/mol. The van der Waals surface area contributed by atoms with Crippen LogP contribution in [0, 0.1) is 34.6 Å². The van der Waals surface area contributed by atoms with E-state index in [0.29, 0.717) is 44.0 Å². The Morgan fingerprint density at radius 1 is 0.931 bits per heavy atom. The number of nitrogens with zero attached hydrogens (tertiary/aromatic N) is 1. The van der Waals surface area contributed by atoms with Gasteiger partial charge in [-0.1, -0.05) is 0 Å². The molecule has 162 valence electrons. The molecule has 0 bridgehead atoms. The van der Waals surface area contributed by atoms with Crippen LogP contribution in [0.1, 0.15) is 47.1 Å². The van der Waals surface area contributed by atoms with Crippen LogP contribution in [0.5, 0.6) is 0 Å². The Morgan fingerprint density at radius 3 is 1.93 bits per heavy atom. The van der Waals surface area contributed by atoms with Gasteiger partial charge < -0.3 is 14.4 Å². The lowest BCUT2D eigenvalue weighted by atomic mass is 9.95. The van der Waals surface area contributed by atoms with Gasteiger partial charge in [0.2, 0.25) is 15.9 Å². The van der Waals surface area contributed by atoms with Crippen LogP contribution < -0.4 is 4.72 Å². The van der Waals surface area contributed by atoms with Crippen molar-refractivity contribution in [1.29, 1.82) is 0 Å². The van der Waals surface area contributed by atoms with Crippen molar-refractivity contribution in [3.05, 3.63) is 27.8 Å². The van der Waals surface area contributed by atoms with E-state index in [-0.39, 0.29) is 18.9 Å². The number of hydrogen-bond acceptors (Lipinski definition) is 5. The first-order valence-corrected chi connectivity index (χ1v) is 11.7. The first kappa shape index (κ1) is 22.2. The summed E-state index contributed by atoms with van der Waals surface area (Å²) in [6.45, 7) is 12.0. The third-order valence-corrected chi connectivity index (χ3v) is 8.26. The number of carbonyl (C=O) groups excluding carboxylic acids is 1. The van der Waals surface area contributed by atoms with Gasteiger partial charge in [-0.05, 0) is 62.4 Å². The van der Waals surface area contributed by atoms with Gasteiger partial charge in [-0.25, -0.2) is 13.1 Å². The predicted octanol–water partition coefficient (Wildman–Crippen LogP) is 2.26. The number of rotatable bonds is 5. The molecule has 0 saturated carbocycles. The smallest absolute Gasteiger partial charge is 0.241 e. The highest BCUT2D eigenvalue weighted by Crippen LogP contribution is 2.32. The summed E-state index contributed by atoms with van der Waals surface area (Å²) in [4.78, 5) is 14.6. The van der Waals surface area contributed by atoms with Crippen molar-refractivity contribution in [3.63, 3.8) is 0 Å². The standard InChI is InChI=1S/C21H32N2O5S/c1-14-15(2)17(4)20(18(5)16(14)3)29(25,26)22-9-6-19(24)23-10-7-21(8-11-23)27-12-13-28-21/h22H,6-13H2,1-5H3. The third-order valence-electron chi connectivity index (χ3n) is 6.52. The molecule has 0 aromatic heterocycles. The summed E-state index contributed by atoms with van der Waals surface area (Å²) in [5.74, 6) is -0.570. The first-order chi connectivity index (χ1) is 13.6. The van der Waals surface area contributed by atoms with Crippen LogP contribution in [0.2, 0.25) is 0 Å². The van der Waals surface area contributed by atoms with E-state index in [9.17, 15) is 13.2 Å². The van der Waals surface area contributed by atoms with E-state index in [4.69, 9.17) is 9.47 Å². The van der Waals surface area contributed by atoms with Crippen LogP contribution in [-0.2, 0) is 24.3 Å². The molecule has 1 spiro atoms. The van der Waals surface area contributed by atoms with Gasteiger partial charge in [0.05, 0.1) is 18.1 Å². The van der Waals surface area contributed by atoms with Crippen LogP contribution in [0.15, 0.2) is 4.90 Å². The van der Waals surface area contributed by atoms with Crippen molar-refractivity contribution in [1.82, 2.24) is 9.62 Å². The molecular weight excluding hydrogens is 392 g/mol. The number of likely N-dealkylation sites (tertiary alicyclic amines) is 1. The zero-order chi connectivity index (χ0) is 21.4. The van der Waals surface area contributed by atoms with Crippen LogP contribution in [0.3, 0.4) is 0 Å². The van der Waals surface area contributed by atoms with Gasteiger partial charge >= 0.3 is 0 Å². The molecular formula is C21H32N2O5S. The molecule has 0 radical (unpaired) electrons. The average Bonchev–Trinajstić information content (AvgIpc) is 3.13. The lowest BCUT2D eigenvalue weighted by Crippen LogP contribution is -2.47. The van der Waals surface area contributed by atoms with E-state index in [2.05, 4.69) is 4.72 Å². The fourth-order valence-corrected chi connectivity index (χ4v) is 5.90. The van der Waals surface area contributed by atoms with Crippen molar-refractivity contribution in [2.45, 2.75) is 64.6 Å². The highest BCUT2D eigenvalue weighted by Gasteiger charge is 2.40. The Bertz CT molecular complexity index is 865. The molecule has 8 heteroatoms. The zero-order valence-electron chi connectivity index (χ0n) is 18.1. The van der Waals surface area contributed by atoms with E-state index in [0.717, 1.165) is 27.8 Å². The SMILES string of the molecule is Cc1c(C)c(C)c(S(=O)(=O)NCCC(=O)N2CCC3(CC2)OCCO3)c(C)c1C. The summed E-state index contributed by atoms with van der Waals surface area (Å²) in [6, 6.07) is 0. The molecule has 0 aliphatic carbocycles. The second kappa shape index (κ2) is 8.34. The van der Waals surface area contributed by atoms with Gasteiger partial charge in [0.25, 0.3) is 0 Å². The van der Waals surface area contributed by atoms with E-state index in [1.54, 1.807) is 4.90 Å². The topological polar surface area (TPSA) is 84.9 Å². The number of ether oxygens (including phenoxy) is 2. The van der Waals surface area contributed by atoms with Crippen molar-refractivity contribution in [2.24, 2.45) is 0 Å². The summed E-state index contributed by atoms with van der Waals surface area (Å²) in [7, 11) is -3.69. The molecule has 2 heterocycles. The molecule has 0 atom stereocenters. The molecule has 1 aromatic rings. The molecule has 2 fully saturated rings. The lowest BCUT2D eigenvalue weighted by Gasteiger charge is -2.37. The van der Waals surface area contributed by atoms with Gasteiger partial charge in [-0.2, -0.15) is 0 Å². The Hall–Kier alpha value is -1.48. The molecule has 2 saturated heterocycles. The number of sulfonamides is 1. The van der Waals surface area contributed by atoms with Crippen LogP contribution in [0.4, 0.5) is 0 Å². The Morgan fingerprint density at radius 2 is 1.41 bits per heavy atom. The van der Waals surface area contributed by atoms with Gasteiger partial charge in [0, 0.05) is 38.9 Å². The normalized spacial score (nSPS) is 19.1. The summed E-state index contributed by atoms with van der Waals surface area (Å²) < 4.78 is 39.9. The molecule has 7 nitrogen and oxygen atoms in total. The van der Waals surface area contributed by atoms with E-state index >= 15 is 0 Å². The van der Waals surface area contributed by atoms with Gasteiger partial charge in [0.1, 0.15) is 0 Å². The highest BCUT2D eigenvalue weighted by atomic mass is 32.2. The monoisotopic (exact) mass is 424 g/mol. The maximum absolute atomic E-state index is 12.9. The van der Waals surface area contributed by atoms with Gasteiger partial charge in [-0.3, -0.25) is 4.79 Å². The zero-order valence-corrected chi connectivity index (χ0v) is 18.9. The number of amides is 1. The molecule has 1 amide bonds. The van der Waals surface area contributed by atoms with Crippen molar-refractivity contribution >= 4 is 15.9 Å². The Labute approximate surface area is 173 Å². The van der Waals surface area contributed by atoms with Crippen LogP contribution in [-0.4, -0.2) is 57.9 Å². The second-order valence-electron chi connectivity index (χ2n) is 8.09. The molecule has 1 aromatic carbocycles. The summed E-state index contributed by atoms with van der Waals surface area (Å²) >= 11 is 0. The molecule has 29 heavy (non-hydrogen) atoms. The number of nitrogens with one attached hydrogen (secondary N) is 1. The van der Waals surface area contributed by atoms with E-state index in [1.807, 2.05) is 34.6 Å². The Balaban J connectivity index is 1.60. The fraction of sp³-hybridized carbons (Fsp3) is 0.667. The summed E-state index contributed by atoms with van der Waals surface area (Å²) in [5.41, 5.74) is 4.63. The van der Waals surface area contributed by atoms with Crippen molar-refractivity contribution < 1.29 is 22.7 Å². The molecule has 0 unspecified atom stereocenters. The molecule has 1 N–H and O–H groups in total. The number of hydrogen-bond donors (Lipinski definition) is 1. The van der Waals surface area contributed by atoms with Crippen molar-refractivity contribution in [2.75, 3.05) is 32.8 Å². The summed E-state index contributed by atoms with van der Waals surface area (Å²) in [5, 5.41) is 0. The third kappa shape index (κ3) is 4.35. The lowest BCUT2D eigenvalue weighted by molar-refractivity contribution is -0.187. The van der Waals surface area contributed by atoms with Crippen molar-refractivity contribution in [3.8, 4) is 0 Å². The highest BCUT2D eigenvalue weighted by molar-refractivity contribution is 7.89.